The SMILES string of the molecule is Cc1cc(CNC(=O)C2(C(N)=S)CCOCC2)sc1C. The van der Waals surface area contributed by atoms with E-state index in [9.17, 15) is 4.79 Å². The third-order valence-electron chi connectivity index (χ3n) is 3.89. The number of thiocarbonyl (C=S) groups is 1. The summed E-state index contributed by atoms with van der Waals surface area (Å²) in [6, 6.07) is 2.11. The van der Waals surface area contributed by atoms with Crippen molar-refractivity contribution >= 4 is 34.5 Å². The maximum atomic E-state index is 12.5. The van der Waals surface area contributed by atoms with Gasteiger partial charge in [-0.05, 0) is 38.3 Å². The van der Waals surface area contributed by atoms with Gasteiger partial charge in [-0.3, -0.25) is 4.79 Å². The average Bonchev–Trinajstić information content (AvgIpc) is 2.75. The zero-order valence-electron chi connectivity index (χ0n) is 11.8. The van der Waals surface area contributed by atoms with Crippen LogP contribution in [-0.2, 0) is 16.1 Å². The fourth-order valence-electron chi connectivity index (χ4n) is 2.38. The predicted octanol–water partition coefficient (Wildman–Crippen LogP) is 2.06. The highest BCUT2D eigenvalue weighted by molar-refractivity contribution is 7.80. The molecular weight excluding hydrogens is 292 g/mol. The summed E-state index contributed by atoms with van der Waals surface area (Å²) in [4.78, 5) is 15.2. The molecule has 2 heterocycles. The van der Waals surface area contributed by atoms with Gasteiger partial charge in [0, 0.05) is 23.0 Å². The summed E-state index contributed by atoms with van der Waals surface area (Å²) in [6.07, 6.45) is 1.13. The number of ether oxygens (including phenoxy) is 1. The van der Waals surface area contributed by atoms with Crippen molar-refractivity contribution in [3.05, 3.63) is 21.4 Å². The molecule has 1 aliphatic heterocycles. The number of carbonyl (C=O) groups is 1. The third-order valence-corrected chi connectivity index (χ3v) is 5.44. The highest BCUT2D eigenvalue weighted by Crippen LogP contribution is 2.31. The minimum absolute atomic E-state index is 0.0722. The summed E-state index contributed by atoms with van der Waals surface area (Å²) in [7, 11) is 0. The molecule has 3 N–H and O–H groups in total. The Balaban J connectivity index is 2.04. The van der Waals surface area contributed by atoms with E-state index in [4.69, 9.17) is 22.7 Å². The van der Waals surface area contributed by atoms with Crippen molar-refractivity contribution in [2.75, 3.05) is 13.2 Å². The number of carbonyl (C=O) groups excluding carboxylic acids is 1. The van der Waals surface area contributed by atoms with Gasteiger partial charge in [0.1, 0.15) is 5.41 Å². The smallest absolute Gasteiger partial charge is 0.233 e. The standard InChI is InChI=1S/C14H20N2O2S2/c1-9-7-11(20-10(9)2)8-16-13(17)14(12(15)19)3-5-18-6-4-14/h7H,3-6,8H2,1-2H3,(H2,15,19)(H,16,17). The van der Waals surface area contributed by atoms with Gasteiger partial charge >= 0.3 is 0 Å². The van der Waals surface area contributed by atoms with Gasteiger partial charge < -0.3 is 15.8 Å². The van der Waals surface area contributed by atoms with Crippen molar-refractivity contribution in [2.45, 2.75) is 33.2 Å². The van der Waals surface area contributed by atoms with Crippen molar-refractivity contribution in [1.82, 2.24) is 5.32 Å². The Bertz CT molecular complexity index is 500. The molecule has 1 aromatic heterocycles. The van der Waals surface area contributed by atoms with E-state index in [1.165, 1.54) is 10.4 Å². The van der Waals surface area contributed by atoms with Crippen LogP contribution >= 0.6 is 23.6 Å². The van der Waals surface area contributed by atoms with Crippen molar-refractivity contribution < 1.29 is 9.53 Å². The van der Waals surface area contributed by atoms with Crippen LogP contribution in [0.3, 0.4) is 0 Å². The molecule has 6 heteroatoms. The van der Waals surface area contributed by atoms with Crippen LogP contribution in [0.1, 0.15) is 28.2 Å². The maximum absolute atomic E-state index is 12.5. The molecule has 1 aliphatic rings. The number of nitrogens with one attached hydrogen (secondary N) is 1. The summed E-state index contributed by atoms with van der Waals surface area (Å²) >= 11 is 6.83. The fourth-order valence-corrected chi connectivity index (χ4v) is 3.67. The van der Waals surface area contributed by atoms with Crippen LogP contribution in [0, 0.1) is 19.3 Å². The summed E-state index contributed by atoms with van der Waals surface area (Å²) in [5.74, 6) is -0.0722. The molecule has 20 heavy (non-hydrogen) atoms. The van der Waals surface area contributed by atoms with E-state index in [2.05, 4.69) is 25.2 Å². The van der Waals surface area contributed by atoms with Crippen molar-refractivity contribution in [1.29, 1.82) is 0 Å². The van der Waals surface area contributed by atoms with E-state index in [1.54, 1.807) is 11.3 Å². The minimum Gasteiger partial charge on any atom is -0.392 e. The lowest BCUT2D eigenvalue weighted by atomic mass is 9.79. The van der Waals surface area contributed by atoms with Crippen LogP contribution in [0.25, 0.3) is 0 Å². The van der Waals surface area contributed by atoms with Crippen LogP contribution in [0.4, 0.5) is 0 Å². The Morgan fingerprint density at radius 1 is 1.50 bits per heavy atom. The first kappa shape index (κ1) is 15.4. The summed E-state index contributed by atoms with van der Waals surface area (Å²) in [5, 5.41) is 2.98. The van der Waals surface area contributed by atoms with E-state index in [1.807, 2.05) is 0 Å². The number of rotatable bonds is 4. The largest absolute Gasteiger partial charge is 0.392 e. The summed E-state index contributed by atoms with van der Waals surface area (Å²) in [6.45, 7) is 5.75. The number of nitrogens with two attached hydrogens (primary N) is 1. The molecule has 0 spiro atoms. The normalized spacial score (nSPS) is 17.7. The lowest BCUT2D eigenvalue weighted by molar-refractivity contribution is -0.131. The molecule has 1 aromatic rings. The highest BCUT2D eigenvalue weighted by Gasteiger charge is 2.42. The Labute approximate surface area is 128 Å². The van der Waals surface area contributed by atoms with E-state index < -0.39 is 5.41 Å². The lowest BCUT2D eigenvalue weighted by Crippen LogP contribution is -2.51. The average molecular weight is 312 g/mol. The maximum Gasteiger partial charge on any atom is 0.233 e. The monoisotopic (exact) mass is 312 g/mol. The minimum atomic E-state index is -0.741. The molecule has 2 rings (SSSR count). The zero-order chi connectivity index (χ0) is 14.8. The number of hydrogen-bond donors (Lipinski definition) is 2. The topological polar surface area (TPSA) is 64.4 Å². The lowest BCUT2D eigenvalue weighted by Gasteiger charge is -2.34. The van der Waals surface area contributed by atoms with Crippen LogP contribution in [0.2, 0.25) is 0 Å². The van der Waals surface area contributed by atoms with Crippen molar-refractivity contribution in [2.24, 2.45) is 11.1 Å². The molecule has 0 aliphatic carbocycles. The predicted molar refractivity (Wildman–Crippen MR) is 84.9 cm³/mol. The van der Waals surface area contributed by atoms with Gasteiger partial charge in [-0.1, -0.05) is 12.2 Å². The molecule has 0 aromatic carbocycles. The van der Waals surface area contributed by atoms with Crippen LogP contribution in [0.15, 0.2) is 6.07 Å². The molecular formula is C14H20N2O2S2. The van der Waals surface area contributed by atoms with Crippen LogP contribution < -0.4 is 11.1 Å². The second kappa shape index (κ2) is 6.20. The molecule has 1 saturated heterocycles. The quantitative estimate of drug-likeness (QED) is 0.835. The van der Waals surface area contributed by atoms with E-state index in [0.29, 0.717) is 32.6 Å². The Morgan fingerprint density at radius 3 is 2.65 bits per heavy atom. The first-order valence-electron chi connectivity index (χ1n) is 6.67. The Kier molecular flexibility index (Phi) is 4.78. The van der Waals surface area contributed by atoms with E-state index in [-0.39, 0.29) is 10.9 Å². The van der Waals surface area contributed by atoms with Crippen LogP contribution in [0.5, 0.6) is 0 Å². The number of amides is 1. The molecule has 110 valence electrons. The fraction of sp³-hybridized carbons (Fsp3) is 0.571. The number of thiophene rings is 1. The summed E-state index contributed by atoms with van der Waals surface area (Å²) < 4.78 is 5.31. The van der Waals surface area contributed by atoms with Gasteiger partial charge in [-0.2, -0.15) is 0 Å². The number of aryl methyl sites for hydroxylation is 2. The number of hydrogen-bond acceptors (Lipinski definition) is 4. The zero-order valence-corrected chi connectivity index (χ0v) is 13.5. The van der Waals surface area contributed by atoms with E-state index >= 15 is 0 Å². The molecule has 1 fully saturated rings. The highest BCUT2D eigenvalue weighted by atomic mass is 32.1. The van der Waals surface area contributed by atoms with Crippen molar-refractivity contribution in [3.63, 3.8) is 0 Å². The second-order valence-corrected chi connectivity index (χ2v) is 6.97. The van der Waals surface area contributed by atoms with Gasteiger partial charge in [0.25, 0.3) is 0 Å². The Morgan fingerprint density at radius 2 is 2.15 bits per heavy atom. The molecule has 0 bridgehead atoms. The van der Waals surface area contributed by atoms with Crippen LogP contribution in [-0.4, -0.2) is 24.1 Å². The van der Waals surface area contributed by atoms with Gasteiger partial charge in [0.2, 0.25) is 5.91 Å². The first-order valence-corrected chi connectivity index (χ1v) is 7.90. The van der Waals surface area contributed by atoms with Gasteiger partial charge in [0.15, 0.2) is 0 Å². The molecule has 1 amide bonds. The van der Waals surface area contributed by atoms with Gasteiger partial charge in [-0.15, -0.1) is 11.3 Å². The van der Waals surface area contributed by atoms with Crippen molar-refractivity contribution in [3.8, 4) is 0 Å². The first-order chi connectivity index (χ1) is 9.45. The third kappa shape index (κ3) is 3.02. The van der Waals surface area contributed by atoms with Gasteiger partial charge in [-0.25, -0.2) is 0 Å². The molecule has 0 atom stereocenters. The molecule has 0 unspecified atom stereocenters. The Hall–Kier alpha value is -0.980. The molecule has 4 nitrogen and oxygen atoms in total. The second-order valence-electron chi connectivity index (χ2n) is 5.19. The molecule has 0 saturated carbocycles. The molecule has 0 radical (unpaired) electrons. The van der Waals surface area contributed by atoms with E-state index in [0.717, 1.165) is 4.88 Å². The summed E-state index contributed by atoms with van der Waals surface area (Å²) in [5.41, 5.74) is 6.34. The van der Waals surface area contributed by atoms with Gasteiger partial charge in [0.05, 0.1) is 11.5 Å².